The van der Waals surface area contributed by atoms with Crippen LogP contribution in [0.3, 0.4) is 0 Å². The smallest absolute Gasteiger partial charge is 0.231 e. The topological polar surface area (TPSA) is 100 Å². The number of aryl methyl sites for hydroxylation is 1. The molecule has 0 saturated carbocycles. The van der Waals surface area contributed by atoms with Gasteiger partial charge in [-0.25, -0.2) is 0 Å². The lowest BCUT2D eigenvalue weighted by Crippen LogP contribution is -2.45. The first-order chi connectivity index (χ1) is 12.0. The molecular formula is C18H27N5O2. The lowest BCUT2D eigenvalue weighted by atomic mass is 9.94. The Balaban J connectivity index is 1.62. The van der Waals surface area contributed by atoms with E-state index >= 15 is 0 Å². The fraction of sp³-hybridized carbons (Fsp3) is 0.611. The Labute approximate surface area is 148 Å². The fourth-order valence-corrected chi connectivity index (χ4v) is 3.83. The molecule has 2 amide bonds. The number of hydrogen-bond acceptors (Lipinski definition) is 5. The summed E-state index contributed by atoms with van der Waals surface area (Å²) < 4.78 is 0. The van der Waals surface area contributed by atoms with Gasteiger partial charge in [0, 0.05) is 31.5 Å². The van der Waals surface area contributed by atoms with Crippen molar-refractivity contribution in [3.63, 3.8) is 0 Å². The van der Waals surface area contributed by atoms with Crippen LogP contribution in [0.2, 0.25) is 0 Å². The van der Waals surface area contributed by atoms with Crippen molar-refractivity contribution >= 4 is 11.8 Å². The molecule has 2 aliphatic rings. The Morgan fingerprint density at radius 2 is 2.32 bits per heavy atom. The molecule has 1 fully saturated rings. The number of carbonyl (C=O) groups excluding carboxylic acids is 2. The van der Waals surface area contributed by atoms with Gasteiger partial charge in [-0.1, -0.05) is 0 Å². The quantitative estimate of drug-likeness (QED) is 0.689. The standard InChI is InChI=1S/C18H27N5O2/c1-12-16(15-4-5-20-7-14(15)8-21-12)9-22-18(25)13-3-2-6-23(10-13)11-17(19)24/h8,13,20H,2-7,9-11H2,1H3,(H2,19,24)(H,22,25)/t13-/m0/s1. The van der Waals surface area contributed by atoms with E-state index in [9.17, 15) is 9.59 Å². The van der Waals surface area contributed by atoms with Gasteiger partial charge in [-0.2, -0.15) is 0 Å². The monoisotopic (exact) mass is 345 g/mol. The molecule has 7 nitrogen and oxygen atoms in total. The molecule has 3 rings (SSSR count). The number of nitrogens with two attached hydrogens (primary N) is 1. The third kappa shape index (κ3) is 4.35. The molecule has 0 aliphatic carbocycles. The van der Waals surface area contributed by atoms with E-state index in [4.69, 9.17) is 5.73 Å². The maximum absolute atomic E-state index is 12.6. The van der Waals surface area contributed by atoms with Crippen LogP contribution in [-0.2, 0) is 29.1 Å². The van der Waals surface area contributed by atoms with E-state index in [1.807, 2.05) is 18.0 Å². The summed E-state index contributed by atoms with van der Waals surface area (Å²) in [5.41, 5.74) is 9.96. The van der Waals surface area contributed by atoms with Crippen LogP contribution in [0.15, 0.2) is 6.20 Å². The van der Waals surface area contributed by atoms with E-state index in [2.05, 4.69) is 15.6 Å². The first kappa shape index (κ1) is 17.8. The zero-order valence-electron chi connectivity index (χ0n) is 14.8. The zero-order valence-corrected chi connectivity index (χ0v) is 14.8. The summed E-state index contributed by atoms with van der Waals surface area (Å²) in [5.74, 6) is -0.366. The van der Waals surface area contributed by atoms with Crippen molar-refractivity contribution in [2.45, 2.75) is 39.3 Å². The Bertz CT molecular complexity index is 661. The maximum Gasteiger partial charge on any atom is 0.231 e. The summed E-state index contributed by atoms with van der Waals surface area (Å²) >= 11 is 0. The SMILES string of the molecule is Cc1ncc2c(c1CNC(=O)[C@H]1CCCN(CC(N)=O)C1)CCNC2. The van der Waals surface area contributed by atoms with Gasteiger partial charge in [0.1, 0.15) is 0 Å². The summed E-state index contributed by atoms with van der Waals surface area (Å²) in [5, 5.41) is 6.45. The Hall–Kier alpha value is -1.99. The first-order valence-corrected chi connectivity index (χ1v) is 9.00. The average Bonchev–Trinajstić information content (AvgIpc) is 2.60. The molecule has 3 heterocycles. The van der Waals surface area contributed by atoms with Crippen molar-refractivity contribution in [3.8, 4) is 0 Å². The van der Waals surface area contributed by atoms with Gasteiger partial charge in [0.05, 0.1) is 12.5 Å². The van der Waals surface area contributed by atoms with Crippen molar-refractivity contribution in [2.75, 3.05) is 26.2 Å². The molecule has 136 valence electrons. The number of rotatable bonds is 5. The summed E-state index contributed by atoms with van der Waals surface area (Å²) in [4.78, 5) is 30.1. The minimum atomic E-state index is -0.340. The van der Waals surface area contributed by atoms with Crippen molar-refractivity contribution < 1.29 is 9.59 Å². The summed E-state index contributed by atoms with van der Waals surface area (Å²) in [6.07, 6.45) is 4.68. The third-order valence-electron chi connectivity index (χ3n) is 5.17. The highest BCUT2D eigenvalue weighted by atomic mass is 16.2. The van der Waals surface area contributed by atoms with Gasteiger partial charge in [-0.3, -0.25) is 19.5 Å². The number of nitrogens with zero attached hydrogens (tertiary/aromatic N) is 2. The molecule has 1 saturated heterocycles. The van der Waals surface area contributed by atoms with E-state index in [1.165, 1.54) is 11.1 Å². The number of piperidine rings is 1. The van der Waals surface area contributed by atoms with Crippen LogP contribution in [0.1, 0.15) is 35.2 Å². The number of aromatic nitrogens is 1. The highest BCUT2D eigenvalue weighted by Crippen LogP contribution is 2.21. The number of primary amides is 1. The molecule has 0 radical (unpaired) electrons. The molecule has 25 heavy (non-hydrogen) atoms. The van der Waals surface area contributed by atoms with Crippen molar-refractivity contribution in [1.29, 1.82) is 0 Å². The van der Waals surface area contributed by atoms with Gasteiger partial charge in [-0.15, -0.1) is 0 Å². The number of carbonyl (C=O) groups is 2. The van der Waals surface area contributed by atoms with Crippen molar-refractivity contribution in [2.24, 2.45) is 11.7 Å². The van der Waals surface area contributed by atoms with Gasteiger partial charge in [-0.05, 0) is 56.0 Å². The van der Waals surface area contributed by atoms with Crippen LogP contribution >= 0.6 is 0 Å². The van der Waals surface area contributed by atoms with Gasteiger partial charge in [0.25, 0.3) is 0 Å². The van der Waals surface area contributed by atoms with Gasteiger partial charge >= 0.3 is 0 Å². The minimum Gasteiger partial charge on any atom is -0.369 e. The molecule has 0 bridgehead atoms. The van der Waals surface area contributed by atoms with Gasteiger partial charge in [0.2, 0.25) is 11.8 Å². The minimum absolute atomic E-state index is 0.0557. The second-order valence-corrected chi connectivity index (χ2v) is 7.01. The van der Waals surface area contributed by atoms with E-state index < -0.39 is 0 Å². The Morgan fingerprint density at radius 3 is 3.12 bits per heavy atom. The molecule has 1 aromatic heterocycles. The first-order valence-electron chi connectivity index (χ1n) is 9.00. The lowest BCUT2D eigenvalue weighted by molar-refractivity contribution is -0.128. The maximum atomic E-state index is 12.6. The number of hydrogen-bond donors (Lipinski definition) is 3. The highest BCUT2D eigenvalue weighted by Gasteiger charge is 2.26. The average molecular weight is 345 g/mol. The number of fused-ring (bicyclic) bond motifs is 1. The molecule has 0 unspecified atom stereocenters. The van der Waals surface area contributed by atoms with Crippen molar-refractivity contribution in [3.05, 3.63) is 28.6 Å². The predicted molar refractivity (Wildman–Crippen MR) is 94.6 cm³/mol. The molecule has 7 heteroatoms. The molecule has 0 aromatic carbocycles. The Kier molecular flexibility index (Phi) is 5.65. The fourth-order valence-electron chi connectivity index (χ4n) is 3.83. The normalized spacial score (nSPS) is 20.8. The zero-order chi connectivity index (χ0) is 17.8. The van der Waals surface area contributed by atoms with E-state index in [0.717, 1.165) is 50.2 Å². The second kappa shape index (κ2) is 7.93. The Morgan fingerprint density at radius 1 is 1.48 bits per heavy atom. The van der Waals surface area contributed by atoms with Crippen molar-refractivity contribution in [1.82, 2.24) is 20.5 Å². The molecular weight excluding hydrogens is 318 g/mol. The lowest BCUT2D eigenvalue weighted by Gasteiger charge is -2.31. The molecule has 0 spiro atoms. The predicted octanol–water partition coefficient (Wildman–Crippen LogP) is -0.151. The van der Waals surface area contributed by atoms with Crippen LogP contribution in [-0.4, -0.2) is 47.9 Å². The van der Waals surface area contributed by atoms with Gasteiger partial charge in [0.15, 0.2) is 0 Å². The highest BCUT2D eigenvalue weighted by molar-refractivity contribution is 5.79. The summed E-state index contributed by atoms with van der Waals surface area (Å²) in [7, 11) is 0. The number of amides is 2. The number of pyridine rings is 1. The number of nitrogens with one attached hydrogen (secondary N) is 2. The van der Waals surface area contributed by atoms with Gasteiger partial charge < -0.3 is 16.4 Å². The van der Waals surface area contributed by atoms with E-state index in [0.29, 0.717) is 13.1 Å². The van der Waals surface area contributed by atoms with Crippen LogP contribution in [0.4, 0.5) is 0 Å². The van der Waals surface area contributed by atoms with Crippen LogP contribution < -0.4 is 16.4 Å². The van der Waals surface area contributed by atoms with E-state index in [-0.39, 0.29) is 24.3 Å². The van der Waals surface area contributed by atoms with Crippen LogP contribution in [0.25, 0.3) is 0 Å². The molecule has 1 atom stereocenters. The third-order valence-corrected chi connectivity index (χ3v) is 5.17. The summed E-state index contributed by atoms with van der Waals surface area (Å²) in [6, 6.07) is 0. The van der Waals surface area contributed by atoms with E-state index in [1.54, 1.807) is 0 Å². The van der Waals surface area contributed by atoms with Crippen LogP contribution in [0.5, 0.6) is 0 Å². The second-order valence-electron chi connectivity index (χ2n) is 7.01. The largest absolute Gasteiger partial charge is 0.369 e. The molecule has 4 N–H and O–H groups in total. The molecule has 2 aliphatic heterocycles. The molecule has 1 aromatic rings. The number of likely N-dealkylation sites (tertiary alicyclic amines) is 1. The summed E-state index contributed by atoms with van der Waals surface area (Å²) in [6.45, 7) is 5.98. The van der Waals surface area contributed by atoms with Crippen LogP contribution in [0, 0.1) is 12.8 Å².